The Balaban J connectivity index is 1.59. The maximum atomic E-state index is 13.4. The minimum Gasteiger partial charge on any atom is -0.480 e. The number of anilines is 2. The van der Waals surface area contributed by atoms with Gasteiger partial charge in [-0.1, -0.05) is 60.7 Å². The summed E-state index contributed by atoms with van der Waals surface area (Å²) >= 11 is 0. The van der Waals surface area contributed by atoms with Crippen LogP contribution < -0.4 is 10.6 Å². The third-order valence-electron chi connectivity index (χ3n) is 6.24. The largest absolute Gasteiger partial charge is 0.480 e. The molecule has 0 bridgehead atoms. The highest BCUT2D eigenvalue weighted by Gasteiger charge is 2.55. The van der Waals surface area contributed by atoms with Crippen LogP contribution in [0.2, 0.25) is 0 Å². The zero-order valence-electron chi connectivity index (χ0n) is 19.9. The van der Waals surface area contributed by atoms with Gasteiger partial charge in [-0.15, -0.1) is 0 Å². The van der Waals surface area contributed by atoms with Crippen molar-refractivity contribution in [3.8, 4) is 0 Å². The van der Waals surface area contributed by atoms with Crippen molar-refractivity contribution in [2.75, 3.05) is 17.2 Å². The lowest BCUT2D eigenvalue weighted by Gasteiger charge is -2.32. The van der Waals surface area contributed by atoms with E-state index in [2.05, 4.69) is 10.6 Å². The van der Waals surface area contributed by atoms with Crippen molar-refractivity contribution in [2.24, 2.45) is 0 Å². The first-order valence-electron chi connectivity index (χ1n) is 11.3. The van der Waals surface area contributed by atoms with Crippen LogP contribution in [0.4, 0.5) is 21.0 Å². The molecule has 1 fully saturated rings. The number of aliphatic carboxylic acids is 1. The number of imide groups is 1. The van der Waals surface area contributed by atoms with E-state index in [9.17, 15) is 24.3 Å². The first-order valence-corrected chi connectivity index (χ1v) is 11.3. The van der Waals surface area contributed by atoms with Gasteiger partial charge in [-0.2, -0.15) is 0 Å². The molecule has 184 valence electrons. The molecule has 0 aromatic heterocycles. The molecule has 1 atom stereocenters. The zero-order chi connectivity index (χ0) is 25.9. The summed E-state index contributed by atoms with van der Waals surface area (Å²) in [5.74, 6) is -1.90. The monoisotopic (exact) mass is 486 g/mol. The number of para-hydroxylation sites is 1. The Bertz CT molecular complexity index is 1310. The highest BCUT2D eigenvalue weighted by atomic mass is 16.4. The number of urea groups is 2. The number of hydrogen-bond acceptors (Lipinski definition) is 4. The van der Waals surface area contributed by atoms with E-state index in [-0.39, 0.29) is 6.54 Å². The Kier molecular flexibility index (Phi) is 6.73. The Morgan fingerprint density at radius 2 is 1.53 bits per heavy atom. The molecule has 1 aliphatic rings. The minimum atomic E-state index is -1.43. The molecule has 9 heteroatoms. The molecule has 3 N–H and O–H groups in total. The van der Waals surface area contributed by atoms with Crippen LogP contribution in [0.5, 0.6) is 0 Å². The van der Waals surface area contributed by atoms with Crippen LogP contribution in [-0.4, -0.2) is 45.4 Å². The van der Waals surface area contributed by atoms with E-state index < -0.39 is 36.0 Å². The summed E-state index contributed by atoms with van der Waals surface area (Å²) < 4.78 is 0. The fraction of sp³-hybridized carbons (Fsp3) is 0.185. The fourth-order valence-electron chi connectivity index (χ4n) is 4.22. The lowest BCUT2D eigenvalue weighted by Crippen LogP contribution is -2.44. The topological polar surface area (TPSA) is 119 Å². The number of carboxylic acids is 1. The molecule has 3 aromatic carbocycles. The van der Waals surface area contributed by atoms with Gasteiger partial charge in [0, 0.05) is 17.9 Å². The number of hydrogen-bond donors (Lipinski definition) is 3. The third-order valence-corrected chi connectivity index (χ3v) is 6.24. The quantitative estimate of drug-likeness (QED) is 0.428. The number of nitrogens with zero attached hydrogens (tertiary/aromatic N) is 2. The predicted octanol–water partition coefficient (Wildman–Crippen LogP) is 4.40. The predicted molar refractivity (Wildman–Crippen MR) is 134 cm³/mol. The van der Waals surface area contributed by atoms with Crippen LogP contribution in [-0.2, 0) is 21.7 Å². The molecule has 0 spiro atoms. The standard InChI is InChI=1S/C27H26N4O5/c1-18-8-6-7-11-22(18)29-25(35)28-21-14-12-20(13-15-21)27(2)24(34)30(17-23(32)33)26(36)31(27)16-19-9-4-3-5-10-19/h3-15H,16-17H2,1-2H3,(H,32,33)(H2,28,29,35)/t27-/m1/s1. The second-order valence-corrected chi connectivity index (χ2v) is 8.68. The molecule has 5 amide bonds. The minimum absolute atomic E-state index is 0.122. The normalized spacial score (nSPS) is 17.3. The summed E-state index contributed by atoms with van der Waals surface area (Å²) in [6.07, 6.45) is 0. The molecular weight excluding hydrogens is 460 g/mol. The highest BCUT2D eigenvalue weighted by molar-refractivity contribution is 6.09. The van der Waals surface area contributed by atoms with E-state index in [4.69, 9.17) is 0 Å². The van der Waals surface area contributed by atoms with Crippen molar-refractivity contribution >= 4 is 35.3 Å². The Morgan fingerprint density at radius 3 is 2.17 bits per heavy atom. The average Bonchev–Trinajstić information content (AvgIpc) is 3.03. The van der Waals surface area contributed by atoms with Gasteiger partial charge >= 0.3 is 18.0 Å². The molecule has 0 radical (unpaired) electrons. The van der Waals surface area contributed by atoms with E-state index in [0.717, 1.165) is 16.0 Å². The molecule has 1 aliphatic heterocycles. The third kappa shape index (κ3) is 4.76. The molecule has 0 aliphatic carbocycles. The fourth-order valence-corrected chi connectivity index (χ4v) is 4.22. The highest BCUT2D eigenvalue weighted by Crippen LogP contribution is 2.38. The van der Waals surface area contributed by atoms with Gasteiger partial charge in [-0.25, -0.2) is 9.59 Å². The van der Waals surface area contributed by atoms with E-state index in [1.54, 1.807) is 37.3 Å². The number of carboxylic acid groups (broad SMARTS) is 1. The van der Waals surface area contributed by atoms with Gasteiger partial charge < -0.3 is 20.6 Å². The van der Waals surface area contributed by atoms with E-state index in [0.29, 0.717) is 16.9 Å². The second kappa shape index (κ2) is 9.91. The van der Waals surface area contributed by atoms with Gasteiger partial charge in [-0.05, 0) is 48.7 Å². The molecule has 3 aromatic rings. The van der Waals surface area contributed by atoms with Gasteiger partial charge in [0.2, 0.25) is 0 Å². The first-order chi connectivity index (χ1) is 17.2. The Morgan fingerprint density at radius 1 is 0.889 bits per heavy atom. The SMILES string of the molecule is Cc1ccccc1NC(=O)Nc1ccc([C@]2(C)C(=O)N(CC(=O)O)C(=O)N2Cc2ccccc2)cc1. The van der Waals surface area contributed by atoms with Crippen molar-refractivity contribution in [1.29, 1.82) is 0 Å². The molecule has 1 heterocycles. The number of carbonyl (C=O) groups excluding carboxylic acids is 3. The van der Waals surface area contributed by atoms with Gasteiger partial charge in [-0.3, -0.25) is 14.5 Å². The van der Waals surface area contributed by atoms with Crippen molar-refractivity contribution < 1.29 is 24.3 Å². The second-order valence-electron chi connectivity index (χ2n) is 8.68. The Labute approximate surface area is 208 Å². The van der Waals surface area contributed by atoms with Gasteiger partial charge in [0.1, 0.15) is 12.1 Å². The maximum Gasteiger partial charge on any atom is 0.328 e. The summed E-state index contributed by atoms with van der Waals surface area (Å²) in [5.41, 5.74) is 1.96. The lowest BCUT2D eigenvalue weighted by atomic mass is 9.89. The first kappa shape index (κ1) is 24.5. The van der Waals surface area contributed by atoms with Crippen LogP contribution in [0.25, 0.3) is 0 Å². The van der Waals surface area contributed by atoms with E-state index >= 15 is 0 Å². The number of nitrogens with one attached hydrogen (secondary N) is 2. The van der Waals surface area contributed by atoms with Crippen LogP contribution in [0.1, 0.15) is 23.6 Å². The molecule has 1 saturated heterocycles. The van der Waals surface area contributed by atoms with Crippen LogP contribution in [0.3, 0.4) is 0 Å². The molecular formula is C27H26N4O5. The lowest BCUT2D eigenvalue weighted by molar-refractivity contribution is -0.143. The number of carbonyl (C=O) groups is 4. The summed E-state index contributed by atoms with van der Waals surface area (Å²) in [4.78, 5) is 52.5. The molecule has 9 nitrogen and oxygen atoms in total. The molecule has 4 rings (SSSR count). The van der Waals surface area contributed by atoms with Crippen molar-refractivity contribution in [3.05, 3.63) is 95.6 Å². The van der Waals surface area contributed by atoms with Gasteiger partial charge in [0.05, 0.1) is 0 Å². The summed E-state index contributed by atoms with van der Waals surface area (Å²) in [6, 6.07) is 22.0. The number of benzene rings is 3. The average molecular weight is 487 g/mol. The zero-order valence-corrected chi connectivity index (χ0v) is 19.9. The van der Waals surface area contributed by atoms with Crippen LogP contribution >= 0.6 is 0 Å². The summed E-state index contributed by atoms with van der Waals surface area (Å²) in [7, 11) is 0. The Hall–Kier alpha value is -4.66. The number of rotatable bonds is 7. The van der Waals surface area contributed by atoms with Gasteiger partial charge in [0.15, 0.2) is 0 Å². The number of amides is 5. The van der Waals surface area contributed by atoms with E-state index in [1.807, 2.05) is 55.5 Å². The summed E-state index contributed by atoms with van der Waals surface area (Å²) in [6.45, 7) is 2.89. The van der Waals surface area contributed by atoms with Gasteiger partial charge in [0.25, 0.3) is 5.91 Å². The van der Waals surface area contributed by atoms with E-state index in [1.165, 1.54) is 4.90 Å². The number of aryl methyl sites for hydroxylation is 1. The van der Waals surface area contributed by atoms with Crippen molar-refractivity contribution in [3.63, 3.8) is 0 Å². The van der Waals surface area contributed by atoms with Crippen LogP contribution in [0, 0.1) is 6.92 Å². The smallest absolute Gasteiger partial charge is 0.328 e. The molecule has 36 heavy (non-hydrogen) atoms. The molecule has 0 unspecified atom stereocenters. The van der Waals surface area contributed by atoms with Crippen molar-refractivity contribution in [2.45, 2.75) is 25.9 Å². The summed E-state index contributed by atoms with van der Waals surface area (Å²) in [5, 5.41) is 14.8. The maximum absolute atomic E-state index is 13.4. The molecule has 0 saturated carbocycles. The van der Waals surface area contributed by atoms with Crippen LogP contribution in [0.15, 0.2) is 78.9 Å². The van der Waals surface area contributed by atoms with Crippen molar-refractivity contribution in [1.82, 2.24) is 9.80 Å².